The number of anilines is 1. The molecule has 100 valence electrons. The third-order valence-corrected chi connectivity index (χ3v) is 2.92. The monoisotopic (exact) mass is 254 g/mol. The van der Waals surface area contributed by atoms with Gasteiger partial charge in [-0.15, -0.1) is 0 Å². The van der Waals surface area contributed by atoms with Gasteiger partial charge in [0, 0.05) is 6.54 Å². The maximum Gasteiger partial charge on any atom is 0.360 e. The second-order valence-corrected chi connectivity index (χ2v) is 4.76. The van der Waals surface area contributed by atoms with E-state index >= 15 is 0 Å². The van der Waals surface area contributed by atoms with Crippen LogP contribution in [0.5, 0.6) is 0 Å². The standard InChI is InChI=1S/C12H18N2O4/c1-3-17-10(15)9-7-18-11(13-9)14-6-4-5-12(2,16)8-14/h7,16H,3-6,8H2,1-2H3. The predicted octanol–water partition coefficient (Wildman–Crippen LogP) is 1.20. The summed E-state index contributed by atoms with van der Waals surface area (Å²) in [6.45, 7) is 5.04. The van der Waals surface area contributed by atoms with Gasteiger partial charge >= 0.3 is 5.97 Å². The number of hydrogen-bond donors (Lipinski definition) is 1. The number of hydrogen-bond acceptors (Lipinski definition) is 6. The Bertz CT molecular complexity index is 427. The third kappa shape index (κ3) is 2.81. The van der Waals surface area contributed by atoms with Crippen molar-refractivity contribution < 1.29 is 19.1 Å². The van der Waals surface area contributed by atoms with Crippen molar-refractivity contribution in [2.24, 2.45) is 0 Å². The summed E-state index contributed by atoms with van der Waals surface area (Å²) >= 11 is 0. The fraction of sp³-hybridized carbons (Fsp3) is 0.667. The molecule has 0 bridgehead atoms. The van der Waals surface area contributed by atoms with Crippen molar-refractivity contribution in [3.05, 3.63) is 12.0 Å². The minimum Gasteiger partial charge on any atom is -0.461 e. The molecule has 6 nitrogen and oxygen atoms in total. The van der Waals surface area contributed by atoms with Crippen LogP contribution >= 0.6 is 0 Å². The fourth-order valence-corrected chi connectivity index (χ4v) is 2.09. The maximum atomic E-state index is 11.5. The van der Waals surface area contributed by atoms with Crippen LogP contribution < -0.4 is 4.90 Å². The van der Waals surface area contributed by atoms with E-state index in [2.05, 4.69) is 4.98 Å². The lowest BCUT2D eigenvalue weighted by atomic mass is 9.96. The number of carbonyl (C=O) groups excluding carboxylic acids is 1. The van der Waals surface area contributed by atoms with E-state index in [0.717, 1.165) is 19.4 Å². The van der Waals surface area contributed by atoms with E-state index in [0.29, 0.717) is 19.2 Å². The van der Waals surface area contributed by atoms with Crippen LogP contribution in [-0.2, 0) is 4.74 Å². The van der Waals surface area contributed by atoms with Gasteiger partial charge in [-0.1, -0.05) is 0 Å². The number of nitrogens with zero attached hydrogens (tertiary/aromatic N) is 2. The topological polar surface area (TPSA) is 75.8 Å². The van der Waals surface area contributed by atoms with Crippen molar-refractivity contribution in [2.75, 3.05) is 24.6 Å². The highest BCUT2D eigenvalue weighted by Gasteiger charge is 2.31. The summed E-state index contributed by atoms with van der Waals surface area (Å²) in [5, 5.41) is 10.0. The number of carbonyl (C=O) groups is 1. The smallest absolute Gasteiger partial charge is 0.360 e. The quantitative estimate of drug-likeness (QED) is 0.817. The molecule has 1 aliphatic heterocycles. The van der Waals surface area contributed by atoms with Gasteiger partial charge in [0.1, 0.15) is 6.26 Å². The van der Waals surface area contributed by atoms with Crippen LogP contribution in [0.4, 0.5) is 6.01 Å². The number of oxazole rings is 1. The summed E-state index contributed by atoms with van der Waals surface area (Å²) in [6, 6.07) is 0.359. The molecule has 0 spiro atoms. The summed E-state index contributed by atoms with van der Waals surface area (Å²) in [7, 11) is 0. The first-order chi connectivity index (χ1) is 8.52. The molecule has 1 fully saturated rings. The SMILES string of the molecule is CCOC(=O)c1coc(N2CCCC(C)(O)C2)n1. The second-order valence-electron chi connectivity index (χ2n) is 4.76. The molecule has 0 amide bonds. The van der Waals surface area contributed by atoms with Gasteiger partial charge in [0.05, 0.1) is 18.8 Å². The van der Waals surface area contributed by atoms with Crippen LogP contribution in [0, 0.1) is 0 Å². The Morgan fingerprint density at radius 1 is 1.72 bits per heavy atom. The molecular formula is C12H18N2O4. The summed E-state index contributed by atoms with van der Waals surface area (Å²) < 4.78 is 10.1. The van der Waals surface area contributed by atoms with Crippen molar-refractivity contribution in [3.8, 4) is 0 Å². The van der Waals surface area contributed by atoms with Gasteiger partial charge in [0.15, 0.2) is 5.69 Å². The van der Waals surface area contributed by atoms with E-state index in [1.54, 1.807) is 13.8 Å². The highest BCUT2D eigenvalue weighted by molar-refractivity contribution is 5.87. The molecule has 1 aromatic rings. The molecule has 1 atom stereocenters. The molecule has 0 saturated carbocycles. The van der Waals surface area contributed by atoms with Gasteiger partial charge in [-0.25, -0.2) is 4.79 Å². The molecule has 6 heteroatoms. The summed E-state index contributed by atoms with van der Waals surface area (Å²) in [5.41, 5.74) is -0.575. The average molecular weight is 254 g/mol. The van der Waals surface area contributed by atoms with Crippen LogP contribution in [-0.4, -0.2) is 41.4 Å². The zero-order valence-electron chi connectivity index (χ0n) is 10.7. The Hall–Kier alpha value is -1.56. The Morgan fingerprint density at radius 2 is 2.50 bits per heavy atom. The maximum absolute atomic E-state index is 11.5. The molecule has 1 saturated heterocycles. The summed E-state index contributed by atoms with van der Waals surface area (Å²) in [6.07, 6.45) is 2.91. The van der Waals surface area contributed by atoms with Gasteiger partial charge in [-0.2, -0.15) is 4.98 Å². The molecule has 1 unspecified atom stereocenters. The van der Waals surface area contributed by atoms with Gasteiger partial charge < -0.3 is 19.2 Å². The molecule has 2 rings (SSSR count). The molecule has 2 heterocycles. The highest BCUT2D eigenvalue weighted by Crippen LogP contribution is 2.25. The van der Waals surface area contributed by atoms with Crippen molar-refractivity contribution in [1.29, 1.82) is 0 Å². The van der Waals surface area contributed by atoms with E-state index in [1.165, 1.54) is 6.26 Å². The molecule has 0 aliphatic carbocycles. The van der Waals surface area contributed by atoms with E-state index in [-0.39, 0.29) is 5.69 Å². The fourth-order valence-electron chi connectivity index (χ4n) is 2.09. The predicted molar refractivity (Wildman–Crippen MR) is 64.5 cm³/mol. The lowest BCUT2D eigenvalue weighted by Crippen LogP contribution is -2.46. The normalized spacial score (nSPS) is 24.1. The second kappa shape index (κ2) is 4.97. The molecular weight excluding hydrogens is 236 g/mol. The number of piperidine rings is 1. The average Bonchev–Trinajstić information content (AvgIpc) is 2.77. The minimum atomic E-state index is -0.739. The van der Waals surface area contributed by atoms with Crippen LogP contribution in [0.25, 0.3) is 0 Å². The number of esters is 1. The molecule has 0 radical (unpaired) electrons. The molecule has 1 N–H and O–H groups in total. The van der Waals surface area contributed by atoms with Crippen molar-refractivity contribution in [3.63, 3.8) is 0 Å². The Labute approximate surface area is 106 Å². The van der Waals surface area contributed by atoms with E-state index in [4.69, 9.17) is 9.15 Å². The number of rotatable bonds is 3. The largest absolute Gasteiger partial charge is 0.461 e. The Kier molecular flexibility index (Phi) is 3.56. The van der Waals surface area contributed by atoms with E-state index in [9.17, 15) is 9.90 Å². The summed E-state index contributed by atoms with van der Waals surface area (Å²) in [4.78, 5) is 17.4. The van der Waals surface area contributed by atoms with Crippen LogP contribution in [0.3, 0.4) is 0 Å². The Balaban J connectivity index is 2.08. The molecule has 1 aliphatic rings. The molecule has 18 heavy (non-hydrogen) atoms. The van der Waals surface area contributed by atoms with E-state index in [1.807, 2.05) is 4.90 Å². The number of aliphatic hydroxyl groups is 1. The van der Waals surface area contributed by atoms with Crippen molar-refractivity contribution >= 4 is 12.0 Å². The van der Waals surface area contributed by atoms with Gasteiger partial charge in [-0.3, -0.25) is 0 Å². The first kappa shape index (κ1) is 12.9. The van der Waals surface area contributed by atoms with Gasteiger partial charge in [-0.05, 0) is 26.7 Å². The van der Waals surface area contributed by atoms with Crippen molar-refractivity contribution in [1.82, 2.24) is 4.98 Å². The molecule has 0 aromatic carbocycles. The minimum absolute atomic E-state index is 0.164. The zero-order valence-corrected chi connectivity index (χ0v) is 10.7. The Morgan fingerprint density at radius 3 is 3.17 bits per heavy atom. The highest BCUT2D eigenvalue weighted by atomic mass is 16.5. The first-order valence-electron chi connectivity index (χ1n) is 6.12. The lowest BCUT2D eigenvalue weighted by molar-refractivity contribution is 0.0434. The molecule has 1 aromatic heterocycles. The van der Waals surface area contributed by atoms with Crippen molar-refractivity contribution in [2.45, 2.75) is 32.3 Å². The van der Waals surface area contributed by atoms with E-state index < -0.39 is 11.6 Å². The summed E-state index contributed by atoms with van der Waals surface area (Å²) in [5.74, 6) is -0.490. The first-order valence-corrected chi connectivity index (χ1v) is 6.12. The number of ether oxygens (including phenoxy) is 1. The number of aromatic nitrogens is 1. The van der Waals surface area contributed by atoms with Crippen LogP contribution in [0.1, 0.15) is 37.2 Å². The van der Waals surface area contributed by atoms with Gasteiger partial charge in [0.25, 0.3) is 6.01 Å². The van der Waals surface area contributed by atoms with Crippen LogP contribution in [0.15, 0.2) is 10.7 Å². The van der Waals surface area contributed by atoms with Crippen LogP contribution in [0.2, 0.25) is 0 Å². The third-order valence-electron chi connectivity index (χ3n) is 2.92. The zero-order chi connectivity index (χ0) is 13.2. The van der Waals surface area contributed by atoms with Gasteiger partial charge in [0.2, 0.25) is 0 Å². The number of β-amino-alcohol motifs (C(OH)–C–C–N with tert-alkyl or cyclic N) is 1. The lowest BCUT2D eigenvalue weighted by Gasteiger charge is -2.35.